The predicted octanol–water partition coefficient (Wildman–Crippen LogP) is 1.89. The third-order valence-corrected chi connectivity index (χ3v) is 2.26. The van der Waals surface area contributed by atoms with Gasteiger partial charge < -0.3 is 0 Å². The van der Waals surface area contributed by atoms with Crippen LogP contribution in [0.4, 0.5) is 0 Å². The summed E-state index contributed by atoms with van der Waals surface area (Å²) >= 11 is 1.62. The molecule has 0 N–H and O–H groups in total. The highest BCUT2D eigenvalue weighted by atomic mass is 32.1. The van der Waals surface area contributed by atoms with Gasteiger partial charge in [-0.25, -0.2) is 9.79 Å². The van der Waals surface area contributed by atoms with Gasteiger partial charge in [0.25, 0.3) is 0 Å². The van der Waals surface area contributed by atoms with Crippen molar-refractivity contribution in [3.8, 4) is 0 Å². The summed E-state index contributed by atoms with van der Waals surface area (Å²) in [6.07, 6.45) is 1.51. The van der Waals surface area contributed by atoms with Crippen LogP contribution in [0.1, 0.15) is 10.4 Å². The monoisotopic (exact) mass is 153 g/mol. The molecule has 0 atom stereocenters. The van der Waals surface area contributed by atoms with Gasteiger partial charge in [-0.2, -0.15) is 0 Å². The molecule has 1 rings (SSSR count). The number of carbonyl (C=O) groups excluding carboxylic acids is 1. The fourth-order valence-electron chi connectivity index (χ4n) is 0.670. The number of nitrogens with zero attached hydrogens (tertiary/aromatic N) is 1. The number of hydrogen-bond acceptors (Lipinski definition) is 3. The van der Waals surface area contributed by atoms with Crippen molar-refractivity contribution in [1.82, 2.24) is 0 Å². The summed E-state index contributed by atoms with van der Waals surface area (Å²) in [5.74, 6) is 0. The van der Waals surface area contributed by atoms with Crippen LogP contribution in [0.25, 0.3) is 0 Å². The second-order valence-corrected chi connectivity index (χ2v) is 2.93. The molecule has 0 amide bonds. The van der Waals surface area contributed by atoms with Crippen molar-refractivity contribution in [2.24, 2.45) is 4.99 Å². The quantitative estimate of drug-likeness (QED) is 0.471. The minimum absolute atomic E-state index is 0.479. The summed E-state index contributed by atoms with van der Waals surface area (Å²) in [4.78, 5) is 14.3. The summed E-state index contributed by atoms with van der Waals surface area (Å²) in [5.41, 5.74) is 1.20. The highest BCUT2D eigenvalue weighted by Gasteiger charge is 1.95. The largest absolute Gasteiger partial charge is 0.235 e. The maximum atomic E-state index is 9.72. The second-order valence-electron chi connectivity index (χ2n) is 1.93. The van der Waals surface area contributed by atoms with Crippen molar-refractivity contribution in [2.75, 3.05) is 0 Å². The molecule has 0 spiro atoms. The maximum Gasteiger partial charge on any atom is 0.235 e. The minimum atomic E-state index is 0.479. The van der Waals surface area contributed by atoms with Gasteiger partial charge in [0.1, 0.15) is 0 Å². The zero-order valence-corrected chi connectivity index (χ0v) is 6.44. The van der Waals surface area contributed by atoms with Crippen molar-refractivity contribution in [3.05, 3.63) is 21.9 Å². The van der Waals surface area contributed by atoms with E-state index in [1.54, 1.807) is 11.3 Å². The van der Waals surface area contributed by atoms with Crippen LogP contribution in [0.5, 0.6) is 0 Å². The summed E-state index contributed by atoms with van der Waals surface area (Å²) < 4.78 is 0. The number of thiophene rings is 1. The molecule has 0 bridgehead atoms. The molecular weight excluding hydrogens is 146 g/mol. The summed E-state index contributed by atoms with van der Waals surface area (Å²) in [7, 11) is 0. The molecule has 0 aliphatic carbocycles. The van der Waals surface area contributed by atoms with E-state index >= 15 is 0 Å². The second kappa shape index (κ2) is 3.30. The van der Waals surface area contributed by atoms with Crippen molar-refractivity contribution >= 4 is 17.4 Å². The van der Waals surface area contributed by atoms with Gasteiger partial charge in [0.2, 0.25) is 6.08 Å². The van der Waals surface area contributed by atoms with Gasteiger partial charge in [0.15, 0.2) is 0 Å². The van der Waals surface area contributed by atoms with Gasteiger partial charge in [0, 0.05) is 4.88 Å². The Hall–Kier alpha value is -0.920. The Kier molecular flexibility index (Phi) is 2.37. The topological polar surface area (TPSA) is 29.4 Å². The highest BCUT2D eigenvalue weighted by Crippen LogP contribution is 2.15. The normalized spacial score (nSPS) is 8.90. The first-order chi connectivity index (χ1) is 4.84. The molecule has 0 aliphatic rings. The number of isocyanates is 1. The van der Waals surface area contributed by atoms with E-state index in [-0.39, 0.29) is 0 Å². The first-order valence-corrected chi connectivity index (χ1v) is 3.79. The zero-order valence-electron chi connectivity index (χ0n) is 5.63. The van der Waals surface area contributed by atoms with Crippen molar-refractivity contribution in [1.29, 1.82) is 0 Å². The summed E-state index contributed by atoms with van der Waals surface area (Å²) in [6, 6.07) is 2.01. The Labute approximate surface area is 63.2 Å². The standard InChI is InChI=1S/C7H7NOS/c1-6-2-3-10-7(6)4-8-5-9/h2-3H,4H2,1H3. The molecule has 0 fully saturated rings. The Morgan fingerprint density at radius 3 is 3.10 bits per heavy atom. The van der Waals surface area contributed by atoms with Gasteiger partial charge in [-0.05, 0) is 23.9 Å². The summed E-state index contributed by atoms with van der Waals surface area (Å²) in [5, 5.41) is 1.99. The van der Waals surface area contributed by atoms with Crippen LogP contribution < -0.4 is 0 Å². The molecule has 3 heteroatoms. The fraction of sp³-hybridized carbons (Fsp3) is 0.286. The molecule has 0 aliphatic heterocycles. The van der Waals surface area contributed by atoms with Crippen LogP contribution in [0.3, 0.4) is 0 Å². The van der Waals surface area contributed by atoms with Gasteiger partial charge in [0.05, 0.1) is 6.54 Å². The third kappa shape index (κ3) is 1.53. The third-order valence-electron chi connectivity index (χ3n) is 1.26. The minimum Gasteiger partial charge on any atom is -0.211 e. The van der Waals surface area contributed by atoms with Gasteiger partial charge in [-0.15, -0.1) is 11.3 Å². The van der Waals surface area contributed by atoms with E-state index in [1.165, 1.54) is 11.6 Å². The van der Waals surface area contributed by atoms with E-state index in [4.69, 9.17) is 0 Å². The van der Waals surface area contributed by atoms with E-state index < -0.39 is 0 Å². The van der Waals surface area contributed by atoms with Crippen LogP contribution in [-0.2, 0) is 11.3 Å². The first-order valence-electron chi connectivity index (χ1n) is 2.91. The molecule has 10 heavy (non-hydrogen) atoms. The van der Waals surface area contributed by atoms with E-state index in [0.29, 0.717) is 6.54 Å². The Morgan fingerprint density at radius 1 is 1.80 bits per heavy atom. The predicted molar refractivity (Wildman–Crippen MR) is 40.9 cm³/mol. The summed E-state index contributed by atoms with van der Waals surface area (Å²) in [6.45, 7) is 2.49. The van der Waals surface area contributed by atoms with E-state index in [9.17, 15) is 4.79 Å². The van der Waals surface area contributed by atoms with Crippen molar-refractivity contribution in [2.45, 2.75) is 13.5 Å². The Balaban J connectivity index is 2.74. The van der Waals surface area contributed by atoms with Crippen molar-refractivity contribution < 1.29 is 4.79 Å². The Morgan fingerprint density at radius 2 is 2.60 bits per heavy atom. The van der Waals surface area contributed by atoms with Gasteiger partial charge in [-0.3, -0.25) is 0 Å². The van der Waals surface area contributed by atoms with Crippen LogP contribution in [0.2, 0.25) is 0 Å². The van der Waals surface area contributed by atoms with Crippen LogP contribution in [0.15, 0.2) is 16.4 Å². The lowest BCUT2D eigenvalue weighted by Gasteiger charge is -1.88. The van der Waals surface area contributed by atoms with E-state index in [0.717, 1.165) is 4.88 Å². The molecule has 1 aromatic rings. The molecule has 2 nitrogen and oxygen atoms in total. The molecule has 52 valence electrons. The van der Waals surface area contributed by atoms with Crippen LogP contribution >= 0.6 is 11.3 Å². The molecule has 0 aromatic carbocycles. The van der Waals surface area contributed by atoms with Gasteiger partial charge in [-0.1, -0.05) is 0 Å². The molecule has 0 saturated heterocycles. The van der Waals surface area contributed by atoms with E-state index in [2.05, 4.69) is 4.99 Å². The molecular formula is C7H7NOS. The fourth-order valence-corrected chi connectivity index (χ4v) is 1.50. The smallest absolute Gasteiger partial charge is 0.211 e. The number of rotatable bonds is 2. The number of aliphatic imine (C=N–C) groups is 1. The first kappa shape index (κ1) is 7.19. The molecule has 0 radical (unpaired) electrons. The maximum absolute atomic E-state index is 9.72. The number of aryl methyl sites for hydroxylation is 1. The van der Waals surface area contributed by atoms with Crippen LogP contribution in [-0.4, -0.2) is 6.08 Å². The molecule has 1 aromatic heterocycles. The Bertz CT molecular complexity index is 260. The highest BCUT2D eigenvalue weighted by molar-refractivity contribution is 7.10. The SMILES string of the molecule is Cc1ccsc1CN=C=O. The lowest BCUT2D eigenvalue weighted by atomic mass is 10.3. The molecule has 0 saturated carbocycles. The van der Waals surface area contributed by atoms with Crippen molar-refractivity contribution in [3.63, 3.8) is 0 Å². The van der Waals surface area contributed by atoms with Crippen LogP contribution in [0, 0.1) is 6.92 Å². The lowest BCUT2D eigenvalue weighted by molar-refractivity contribution is 0.563. The zero-order chi connectivity index (χ0) is 7.40. The average molecular weight is 153 g/mol. The lowest BCUT2D eigenvalue weighted by Crippen LogP contribution is -1.76. The van der Waals surface area contributed by atoms with Gasteiger partial charge >= 0.3 is 0 Å². The average Bonchev–Trinajstić information content (AvgIpc) is 2.31. The molecule has 0 unspecified atom stereocenters. The molecule has 1 heterocycles. The number of hydrogen-bond donors (Lipinski definition) is 0. The van der Waals surface area contributed by atoms with E-state index in [1.807, 2.05) is 18.4 Å².